The highest BCUT2D eigenvalue weighted by Gasteiger charge is 2.17. The molecule has 202 valence electrons. The molecule has 0 saturated carbocycles. The fourth-order valence-corrected chi connectivity index (χ4v) is 4.94. The van der Waals surface area contributed by atoms with Crippen LogP contribution in [0.15, 0.2) is 108 Å². The number of rotatable bonds is 8. The first-order valence-corrected chi connectivity index (χ1v) is 13.6. The number of hydrogen-bond donors (Lipinski definition) is 2. The summed E-state index contributed by atoms with van der Waals surface area (Å²) in [5, 5.41) is 10.7. The van der Waals surface area contributed by atoms with Crippen molar-refractivity contribution in [2.45, 2.75) is 0 Å². The van der Waals surface area contributed by atoms with Crippen molar-refractivity contribution >= 4 is 45.3 Å². The zero-order valence-electron chi connectivity index (χ0n) is 21.8. The van der Waals surface area contributed by atoms with Gasteiger partial charge in [-0.05, 0) is 70.9 Å². The molecule has 0 aliphatic carbocycles. The van der Waals surface area contributed by atoms with Gasteiger partial charge in [0.15, 0.2) is 11.6 Å². The quantitative estimate of drug-likeness (QED) is 0.194. The summed E-state index contributed by atoms with van der Waals surface area (Å²) in [5.74, 6) is 0.533. The third-order valence-electron chi connectivity index (χ3n) is 6.34. The van der Waals surface area contributed by atoms with Crippen LogP contribution >= 0.6 is 11.3 Å². The van der Waals surface area contributed by atoms with Gasteiger partial charge in [0.05, 0.1) is 18.2 Å². The normalized spacial score (nSPS) is 10.8. The lowest BCUT2D eigenvalue weighted by atomic mass is 10.1. The number of aromatic nitrogens is 2. The Kier molecular flexibility index (Phi) is 7.25. The number of methoxy groups -OCH3 is 1. The predicted octanol–water partition coefficient (Wildman–Crippen LogP) is 8.29. The first-order chi connectivity index (χ1) is 20.1. The number of anilines is 3. The maximum atomic E-state index is 15.3. The van der Waals surface area contributed by atoms with Crippen LogP contribution in [0.4, 0.5) is 21.6 Å². The smallest absolute Gasteiger partial charge is 0.259 e. The predicted molar refractivity (Wildman–Crippen MR) is 160 cm³/mol. The van der Waals surface area contributed by atoms with Gasteiger partial charge in [0, 0.05) is 46.9 Å². The number of para-hydroxylation sites is 1. The van der Waals surface area contributed by atoms with Crippen LogP contribution in [-0.4, -0.2) is 23.0 Å². The molecule has 6 aromatic rings. The van der Waals surface area contributed by atoms with Crippen LogP contribution in [-0.2, 0) is 0 Å². The molecular weight excluding hydrogens is 539 g/mol. The van der Waals surface area contributed by atoms with Crippen molar-refractivity contribution in [1.82, 2.24) is 9.97 Å². The van der Waals surface area contributed by atoms with Crippen LogP contribution in [0.25, 0.3) is 22.0 Å². The topological polar surface area (TPSA) is 85.4 Å². The van der Waals surface area contributed by atoms with Gasteiger partial charge in [-0.25, -0.2) is 9.37 Å². The number of carbonyl (C=O) groups is 1. The number of hydrogen-bond acceptors (Lipinski definition) is 7. The Morgan fingerprint density at radius 1 is 0.878 bits per heavy atom. The fraction of sp³-hybridized carbons (Fsp3) is 0.0312. The largest absolute Gasteiger partial charge is 0.497 e. The van der Waals surface area contributed by atoms with Crippen molar-refractivity contribution in [3.05, 3.63) is 119 Å². The first kappa shape index (κ1) is 26.0. The van der Waals surface area contributed by atoms with Crippen LogP contribution in [0.1, 0.15) is 10.4 Å². The van der Waals surface area contributed by atoms with Crippen molar-refractivity contribution in [2.75, 3.05) is 17.7 Å². The summed E-state index contributed by atoms with van der Waals surface area (Å²) in [4.78, 5) is 22.2. The van der Waals surface area contributed by atoms with Gasteiger partial charge >= 0.3 is 0 Å². The molecule has 7 nitrogen and oxygen atoms in total. The summed E-state index contributed by atoms with van der Waals surface area (Å²) in [6, 6.07) is 24.5. The van der Waals surface area contributed by atoms with Crippen molar-refractivity contribution in [3.63, 3.8) is 0 Å². The van der Waals surface area contributed by atoms with Gasteiger partial charge in [0.25, 0.3) is 5.91 Å². The minimum Gasteiger partial charge on any atom is -0.497 e. The highest BCUT2D eigenvalue weighted by Crippen LogP contribution is 2.34. The van der Waals surface area contributed by atoms with E-state index >= 15 is 4.39 Å². The first-order valence-electron chi connectivity index (χ1n) is 12.6. The average molecular weight is 563 g/mol. The Bertz CT molecular complexity index is 1850. The monoisotopic (exact) mass is 562 g/mol. The van der Waals surface area contributed by atoms with Crippen molar-refractivity contribution < 1.29 is 18.7 Å². The third kappa shape index (κ3) is 5.70. The van der Waals surface area contributed by atoms with Gasteiger partial charge in [-0.15, -0.1) is 0 Å². The van der Waals surface area contributed by atoms with E-state index in [9.17, 15) is 4.79 Å². The molecule has 0 saturated heterocycles. The van der Waals surface area contributed by atoms with Crippen LogP contribution in [0.3, 0.4) is 0 Å². The molecule has 9 heteroatoms. The second-order valence-corrected chi connectivity index (χ2v) is 9.80. The number of amides is 1. The zero-order chi connectivity index (χ0) is 28.2. The number of halogens is 1. The number of pyridine rings is 2. The van der Waals surface area contributed by atoms with Crippen molar-refractivity contribution in [2.24, 2.45) is 0 Å². The van der Waals surface area contributed by atoms with Gasteiger partial charge in [-0.3, -0.25) is 9.78 Å². The van der Waals surface area contributed by atoms with E-state index in [-0.39, 0.29) is 11.7 Å². The summed E-state index contributed by atoms with van der Waals surface area (Å²) >= 11 is 1.56. The zero-order valence-corrected chi connectivity index (χ0v) is 22.6. The molecule has 6 rings (SSSR count). The van der Waals surface area contributed by atoms with Gasteiger partial charge < -0.3 is 20.1 Å². The number of nitrogens with zero attached hydrogens (tertiary/aromatic N) is 2. The standard InChI is InChI=1S/C32H23FN4O3S/c1-39-24-8-9-25-28(17-24)34-13-11-29(25)40-30-10-7-23(16-27(30)33)36-31-26(32(38)37-22-5-3-2-4-6-22)15-21(18-35-31)20-12-14-41-19-20/h2-19H,1H3,(H,35,36)(H,37,38). The van der Waals surface area contributed by atoms with Gasteiger partial charge in [-0.1, -0.05) is 18.2 Å². The second-order valence-electron chi connectivity index (χ2n) is 9.02. The number of ether oxygens (including phenoxy) is 2. The molecule has 3 heterocycles. The molecule has 0 aliphatic rings. The van der Waals surface area contributed by atoms with Crippen LogP contribution in [0, 0.1) is 5.82 Å². The molecule has 3 aromatic heterocycles. The Morgan fingerprint density at radius 3 is 2.54 bits per heavy atom. The molecule has 2 N–H and O–H groups in total. The van der Waals surface area contributed by atoms with Gasteiger partial charge in [-0.2, -0.15) is 11.3 Å². The summed E-state index contributed by atoms with van der Waals surface area (Å²) in [6.45, 7) is 0. The van der Waals surface area contributed by atoms with Crippen LogP contribution in [0.2, 0.25) is 0 Å². The van der Waals surface area contributed by atoms with Crippen LogP contribution < -0.4 is 20.1 Å². The van der Waals surface area contributed by atoms with Crippen molar-refractivity contribution in [1.29, 1.82) is 0 Å². The molecule has 0 bridgehead atoms. The summed E-state index contributed by atoms with van der Waals surface area (Å²) in [6.07, 6.45) is 3.28. The Labute approximate surface area is 239 Å². The lowest BCUT2D eigenvalue weighted by Gasteiger charge is -2.14. The second kappa shape index (κ2) is 11.4. The Balaban J connectivity index is 1.28. The molecule has 0 unspecified atom stereocenters. The van der Waals surface area contributed by atoms with E-state index in [4.69, 9.17) is 9.47 Å². The number of benzene rings is 3. The molecule has 0 atom stereocenters. The highest BCUT2D eigenvalue weighted by molar-refractivity contribution is 7.08. The van der Waals surface area contributed by atoms with E-state index in [1.54, 1.807) is 73.3 Å². The molecule has 41 heavy (non-hydrogen) atoms. The van der Waals surface area contributed by atoms with Crippen molar-refractivity contribution in [3.8, 4) is 28.4 Å². The number of thiophene rings is 1. The van der Waals surface area contributed by atoms with Gasteiger partial charge in [0.1, 0.15) is 17.3 Å². The highest BCUT2D eigenvalue weighted by atomic mass is 32.1. The summed E-state index contributed by atoms with van der Waals surface area (Å²) in [5.41, 5.74) is 3.79. The Morgan fingerprint density at radius 2 is 1.76 bits per heavy atom. The molecular formula is C32H23FN4O3S. The van der Waals surface area contributed by atoms with E-state index in [1.165, 1.54) is 12.1 Å². The number of carbonyl (C=O) groups excluding carboxylic acids is 1. The minimum atomic E-state index is -0.585. The Hall–Kier alpha value is -5.28. The summed E-state index contributed by atoms with van der Waals surface area (Å²) in [7, 11) is 1.58. The van der Waals surface area contributed by atoms with Crippen LogP contribution in [0.5, 0.6) is 17.2 Å². The lowest BCUT2D eigenvalue weighted by Crippen LogP contribution is -2.15. The molecule has 0 spiro atoms. The fourth-order valence-electron chi connectivity index (χ4n) is 4.28. The SMILES string of the molecule is COc1ccc2c(Oc3ccc(Nc4ncc(-c5ccsc5)cc4C(=O)Nc4ccccc4)cc3F)ccnc2c1. The number of nitrogens with one attached hydrogen (secondary N) is 2. The summed E-state index contributed by atoms with van der Waals surface area (Å²) < 4.78 is 26.4. The maximum Gasteiger partial charge on any atom is 0.259 e. The lowest BCUT2D eigenvalue weighted by molar-refractivity contribution is 0.102. The maximum absolute atomic E-state index is 15.3. The number of fused-ring (bicyclic) bond motifs is 1. The molecule has 0 radical (unpaired) electrons. The minimum absolute atomic E-state index is 0.0432. The van der Waals surface area contributed by atoms with E-state index in [1.807, 2.05) is 41.1 Å². The molecule has 3 aromatic carbocycles. The molecule has 0 aliphatic heterocycles. The molecule has 0 fully saturated rings. The van der Waals surface area contributed by atoms with E-state index in [0.717, 1.165) is 16.5 Å². The van der Waals surface area contributed by atoms with E-state index in [0.29, 0.717) is 39.8 Å². The van der Waals surface area contributed by atoms with Gasteiger partial charge in [0.2, 0.25) is 0 Å². The average Bonchev–Trinajstić information content (AvgIpc) is 3.54. The third-order valence-corrected chi connectivity index (χ3v) is 7.03. The van der Waals surface area contributed by atoms with E-state index in [2.05, 4.69) is 20.6 Å². The molecule has 1 amide bonds. The van der Waals surface area contributed by atoms with E-state index < -0.39 is 5.82 Å².